The van der Waals surface area contributed by atoms with E-state index in [-0.39, 0.29) is 0 Å². The highest BCUT2D eigenvalue weighted by atomic mass is 35.5. The monoisotopic (exact) mass is 431 g/mol. The molecule has 0 bridgehead atoms. The smallest absolute Gasteiger partial charge is 0.0406 e. The number of benzene rings is 3. The second kappa shape index (κ2) is 11.0. The van der Waals surface area contributed by atoms with Crippen molar-refractivity contribution in [3.63, 3.8) is 0 Å². The van der Waals surface area contributed by atoms with E-state index in [0.717, 1.165) is 17.9 Å². The molecule has 1 nitrogen and oxygen atoms in total. The van der Waals surface area contributed by atoms with Crippen molar-refractivity contribution in [2.24, 2.45) is 0 Å². The number of hydrogen-bond donors (Lipinski definition) is 0. The molecule has 0 amide bonds. The lowest BCUT2D eigenvalue weighted by Crippen LogP contribution is -2.31. The van der Waals surface area contributed by atoms with Crippen LogP contribution in [0.5, 0.6) is 0 Å². The highest BCUT2D eigenvalue weighted by molar-refractivity contribution is 6.30. The van der Waals surface area contributed by atoms with Crippen LogP contribution in [0.3, 0.4) is 0 Å². The number of rotatable bonds is 9. The van der Waals surface area contributed by atoms with E-state index in [1.165, 1.54) is 61.0 Å². The molecule has 0 radical (unpaired) electrons. The average molecular weight is 432 g/mol. The molecule has 4 rings (SSSR count). The Labute approximate surface area is 193 Å². The Balaban J connectivity index is 1.39. The quantitative estimate of drug-likeness (QED) is 0.338. The molecule has 1 saturated heterocycles. The van der Waals surface area contributed by atoms with E-state index < -0.39 is 0 Å². The van der Waals surface area contributed by atoms with Crippen LogP contribution in [0.4, 0.5) is 0 Å². The van der Waals surface area contributed by atoms with Gasteiger partial charge in [-0.1, -0.05) is 85.3 Å². The first-order chi connectivity index (χ1) is 15.2. The first-order valence-corrected chi connectivity index (χ1v) is 12.2. The molecule has 0 spiro atoms. The third kappa shape index (κ3) is 5.99. The first-order valence-electron chi connectivity index (χ1n) is 11.8. The zero-order valence-corrected chi connectivity index (χ0v) is 19.4. The summed E-state index contributed by atoms with van der Waals surface area (Å²) in [5.41, 5.74) is 5.67. The fourth-order valence-electron chi connectivity index (χ4n) is 5.00. The molecule has 0 N–H and O–H groups in total. The topological polar surface area (TPSA) is 3.24 Å². The molecule has 2 atom stereocenters. The Hall–Kier alpha value is -2.09. The molecule has 2 heteroatoms. The van der Waals surface area contributed by atoms with Gasteiger partial charge in [0.15, 0.2) is 0 Å². The molecule has 162 valence electrons. The molecule has 0 aliphatic carbocycles. The molecule has 1 fully saturated rings. The third-order valence-corrected chi connectivity index (χ3v) is 7.13. The van der Waals surface area contributed by atoms with Crippen LogP contribution in [-0.4, -0.2) is 24.0 Å². The number of halogens is 1. The Morgan fingerprint density at radius 3 is 2.26 bits per heavy atom. The molecule has 31 heavy (non-hydrogen) atoms. The molecule has 3 aromatic rings. The van der Waals surface area contributed by atoms with Gasteiger partial charge >= 0.3 is 0 Å². The zero-order valence-electron chi connectivity index (χ0n) is 18.6. The maximum atomic E-state index is 6.16. The van der Waals surface area contributed by atoms with Crippen molar-refractivity contribution < 1.29 is 0 Å². The van der Waals surface area contributed by atoms with Crippen molar-refractivity contribution in [1.29, 1.82) is 0 Å². The third-order valence-electron chi connectivity index (χ3n) is 6.88. The SMILES string of the molecule is CCc1ccc(CCN2CCCC2CCC(c2ccccc2)c2ccc(Cl)cc2)cc1. The highest BCUT2D eigenvalue weighted by Crippen LogP contribution is 2.33. The predicted molar refractivity (Wildman–Crippen MR) is 133 cm³/mol. The minimum atomic E-state index is 0.433. The van der Waals surface area contributed by atoms with Crippen LogP contribution in [0, 0.1) is 0 Å². The van der Waals surface area contributed by atoms with E-state index in [0.29, 0.717) is 12.0 Å². The maximum Gasteiger partial charge on any atom is 0.0406 e. The minimum Gasteiger partial charge on any atom is -0.300 e. The Morgan fingerprint density at radius 2 is 1.55 bits per heavy atom. The lowest BCUT2D eigenvalue weighted by molar-refractivity contribution is 0.241. The number of nitrogens with zero attached hydrogens (tertiary/aromatic N) is 1. The molecular formula is C29H34ClN. The van der Waals surface area contributed by atoms with Gasteiger partial charge in [0, 0.05) is 23.5 Å². The Morgan fingerprint density at radius 1 is 0.871 bits per heavy atom. The molecule has 1 aliphatic heterocycles. The lowest BCUT2D eigenvalue weighted by atomic mass is 9.86. The Bertz CT molecular complexity index is 917. The van der Waals surface area contributed by atoms with Gasteiger partial charge in [0.2, 0.25) is 0 Å². The zero-order chi connectivity index (χ0) is 21.5. The van der Waals surface area contributed by atoms with Gasteiger partial charge in [0.05, 0.1) is 0 Å². The van der Waals surface area contributed by atoms with Gasteiger partial charge in [-0.2, -0.15) is 0 Å². The summed E-state index contributed by atoms with van der Waals surface area (Å²) in [6.45, 7) is 4.64. The van der Waals surface area contributed by atoms with Crippen molar-refractivity contribution >= 4 is 11.6 Å². The summed E-state index contributed by atoms with van der Waals surface area (Å²) in [7, 11) is 0. The van der Waals surface area contributed by atoms with Crippen LogP contribution >= 0.6 is 11.6 Å². The van der Waals surface area contributed by atoms with Crippen LogP contribution in [0.2, 0.25) is 5.02 Å². The summed E-state index contributed by atoms with van der Waals surface area (Å²) in [5.74, 6) is 0.433. The van der Waals surface area contributed by atoms with E-state index in [9.17, 15) is 0 Å². The van der Waals surface area contributed by atoms with E-state index in [1.807, 2.05) is 12.1 Å². The van der Waals surface area contributed by atoms with Crippen LogP contribution in [0.1, 0.15) is 60.8 Å². The summed E-state index contributed by atoms with van der Waals surface area (Å²) < 4.78 is 0. The van der Waals surface area contributed by atoms with E-state index >= 15 is 0 Å². The lowest BCUT2D eigenvalue weighted by Gasteiger charge is -2.27. The van der Waals surface area contributed by atoms with Crippen molar-refractivity contribution in [1.82, 2.24) is 4.90 Å². The molecule has 1 aliphatic rings. The number of aryl methyl sites for hydroxylation is 1. The predicted octanol–water partition coefficient (Wildman–Crippen LogP) is 7.52. The van der Waals surface area contributed by atoms with Gasteiger partial charge in [0.1, 0.15) is 0 Å². The molecule has 3 aromatic carbocycles. The van der Waals surface area contributed by atoms with Gasteiger partial charge < -0.3 is 4.90 Å². The average Bonchev–Trinajstić information content (AvgIpc) is 3.27. The number of hydrogen-bond acceptors (Lipinski definition) is 1. The second-order valence-electron chi connectivity index (χ2n) is 8.84. The summed E-state index contributed by atoms with van der Waals surface area (Å²) in [4.78, 5) is 2.73. The fourth-order valence-corrected chi connectivity index (χ4v) is 5.12. The standard InChI is InChI=1S/C29H34ClN/c1-2-23-10-12-24(13-11-23)20-22-31-21-6-9-28(31)18-19-29(25-7-4-3-5-8-25)26-14-16-27(30)17-15-26/h3-5,7-8,10-17,28-29H,2,6,9,18-22H2,1H3. The summed E-state index contributed by atoms with van der Waals surface area (Å²) in [5, 5.41) is 0.810. The fraction of sp³-hybridized carbons (Fsp3) is 0.379. The molecule has 0 saturated carbocycles. The van der Waals surface area contributed by atoms with Crippen molar-refractivity contribution in [3.8, 4) is 0 Å². The molecular weight excluding hydrogens is 398 g/mol. The second-order valence-corrected chi connectivity index (χ2v) is 9.28. The van der Waals surface area contributed by atoms with Crippen LogP contribution < -0.4 is 0 Å². The van der Waals surface area contributed by atoms with Crippen LogP contribution in [0.15, 0.2) is 78.9 Å². The van der Waals surface area contributed by atoms with Gasteiger partial charge in [-0.25, -0.2) is 0 Å². The van der Waals surface area contributed by atoms with E-state index in [4.69, 9.17) is 11.6 Å². The van der Waals surface area contributed by atoms with Crippen molar-refractivity contribution in [2.45, 2.75) is 57.4 Å². The molecule has 1 heterocycles. The van der Waals surface area contributed by atoms with Crippen LogP contribution in [-0.2, 0) is 12.8 Å². The van der Waals surface area contributed by atoms with Gasteiger partial charge in [-0.05, 0) is 79.5 Å². The van der Waals surface area contributed by atoms with Crippen molar-refractivity contribution in [2.75, 3.05) is 13.1 Å². The van der Waals surface area contributed by atoms with Gasteiger partial charge in [0.25, 0.3) is 0 Å². The van der Waals surface area contributed by atoms with Crippen LogP contribution in [0.25, 0.3) is 0 Å². The highest BCUT2D eigenvalue weighted by Gasteiger charge is 2.25. The van der Waals surface area contributed by atoms with Crippen molar-refractivity contribution in [3.05, 3.63) is 106 Å². The largest absolute Gasteiger partial charge is 0.300 e. The first kappa shape index (κ1) is 22.1. The normalized spacial score (nSPS) is 17.7. The van der Waals surface area contributed by atoms with E-state index in [1.54, 1.807) is 0 Å². The Kier molecular flexibility index (Phi) is 7.83. The summed E-state index contributed by atoms with van der Waals surface area (Å²) >= 11 is 6.16. The van der Waals surface area contributed by atoms with E-state index in [2.05, 4.69) is 78.6 Å². The minimum absolute atomic E-state index is 0.433. The molecule has 0 aromatic heterocycles. The van der Waals surface area contributed by atoms with Gasteiger partial charge in [-0.15, -0.1) is 0 Å². The summed E-state index contributed by atoms with van der Waals surface area (Å²) in [6.07, 6.45) is 7.35. The van der Waals surface area contributed by atoms with Gasteiger partial charge in [-0.3, -0.25) is 0 Å². The number of likely N-dealkylation sites (tertiary alicyclic amines) is 1. The summed E-state index contributed by atoms with van der Waals surface area (Å²) in [6, 6.07) is 29.3. The maximum absolute atomic E-state index is 6.16. The molecule has 2 unspecified atom stereocenters.